The molecule has 1 aliphatic rings. The average molecular weight is 242 g/mol. The predicted octanol–water partition coefficient (Wildman–Crippen LogP) is 1.43. The van der Waals surface area contributed by atoms with E-state index in [1.807, 2.05) is 6.92 Å². The van der Waals surface area contributed by atoms with Crippen LogP contribution in [-0.2, 0) is 4.79 Å². The van der Waals surface area contributed by atoms with Gasteiger partial charge in [0.15, 0.2) is 0 Å². The fraction of sp³-hybridized carbons (Fsp3) is 0.500. The van der Waals surface area contributed by atoms with Gasteiger partial charge in [0.2, 0.25) is 0 Å². The van der Waals surface area contributed by atoms with Crippen molar-refractivity contribution < 1.29 is 9.90 Å². The van der Waals surface area contributed by atoms with E-state index in [0.29, 0.717) is 12.4 Å². The highest BCUT2D eigenvalue weighted by atomic mass is 35.5. The quantitative estimate of drug-likeness (QED) is 0.849. The van der Waals surface area contributed by atoms with Crippen LogP contribution in [0.2, 0.25) is 5.15 Å². The van der Waals surface area contributed by atoms with E-state index in [2.05, 4.69) is 9.97 Å². The monoisotopic (exact) mass is 241 g/mol. The molecule has 1 aromatic rings. The summed E-state index contributed by atoms with van der Waals surface area (Å²) in [5.74, 6) is -0.186. The lowest BCUT2D eigenvalue weighted by Crippen LogP contribution is -2.39. The van der Waals surface area contributed by atoms with Crippen LogP contribution in [0.25, 0.3) is 0 Å². The number of halogens is 1. The second-order valence-electron chi connectivity index (χ2n) is 3.94. The minimum atomic E-state index is -0.827. The zero-order chi connectivity index (χ0) is 11.7. The van der Waals surface area contributed by atoms with Crippen molar-refractivity contribution in [3.8, 4) is 0 Å². The molecule has 0 saturated carbocycles. The number of aromatic nitrogens is 2. The van der Waals surface area contributed by atoms with Gasteiger partial charge in [0.05, 0.1) is 12.4 Å². The first-order chi connectivity index (χ1) is 7.59. The van der Waals surface area contributed by atoms with E-state index in [9.17, 15) is 4.79 Å². The molecule has 6 heteroatoms. The van der Waals surface area contributed by atoms with Crippen LogP contribution in [0.1, 0.15) is 13.3 Å². The smallest absolute Gasteiger partial charge is 0.326 e. The molecule has 16 heavy (non-hydrogen) atoms. The van der Waals surface area contributed by atoms with Crippen LogP contribution in [0.15, 0.2) is 12.4 Å². The van der Waals surface area contributed by atoms with E-state index in [1.54, 1.807) is 11.1 Å². The van der Waals surface area contributed by atoms with Gasteiger partial charge in [0.1, 0.15) is 17.0 Å². The molecule has 2 rings (SSSR count). The molecule has 2 atom stereocenters. The standard InChI is InChI=1S/C10H12ClN3O2/c1-6-2-3-14(9(6)10(15)16)8-5-12-4-7(11)13-8/h4-6,9H,2-3H2,1H3,(H,15,16). The van der Waals surface area contributed by atoms with E-state index < -0.39 is 12.0 Å². The van der Waals surface area contributed by atoms with Gasteiger partial charge in [-0.2, -0.15) is 0 Å². The molecule has 0 aliphatic carbocycles. The maximum absolute atomic E-state index is 11.2. The molecule has 1 N–H and O–H groups in total. The average Bonchev–Trinajstić information content (AvgIpc) is 2.60. The normalized spacial score (nSPS) is 24.8. The molecule has 1 fully saturated rings. The van der Waals surface area contributed by atoms with Crippen LogP contribution in [0.3, 0.4) is 0 Å². The molecule has 0 aromatic carbocycles. The fourth-order valence-corrected chi connectivity index (χ4v) is 2.19. The van der Waals surface area contributed by atoms with Crippen molar-refractivity contribution in [3.63, 3.8) is 0 Å². The van der Waals surface area contributed by atoms with E-state index in [-0.39, 0.29) is 11.1 Å². The third-order valence-corrected chi connectivity index (χ3v) is 3.02. The molecule has 0 bridgehead atoms. The summed E-state index contributed by atoms with van der Waals surface area (Å²) in [4.78, 5) is 20.9. The van der Waals surface area contributed by atoms with E-state index >= 15 is 0 Å². The first-order valence-electron chi connectivity index (χ1n) is 5.06. The molecule has 2 unspecified atom stereocenters. The van der Waals surface area contributed by atoms with Crippen LogP contribution in [-0.4, -0.2) is 33.6 Å². The van der Waals surface area contributed by atoms with E-state index in [1.165, 1.54) is 6.20 Å². The molecule has 1 aliphatic heterocycles. The van der Waals surface area contributed by atoms with Gasteiger partial charge in [-0.05, 0) is 12.3 Å². The number of rotatable bonds is 2. The van der Waals surface area contributed by atoms with Gasteiger partial charge in [-0.1, -0.05) is 18.5 Å². The van der Waals surface area contributed by atoms with Crippen LogP contribution >= 0.6 is 11.6 Å². The van der Waals surface area contributed by atoms with Crippen molar-refractivity contribution in [1.82, 2.24) is 9.97 Å². The lowest BCUT2D eigenvalue weighted by molar-refractivity contribution is -0.139. The molecule has 2 heterocycles. The minimum absolute atomic E-state index is 0.110. The first-order valence-corrected chi connectivity index (χ1v) is 5.44. The number of hydrogen-bond donors (Lipinski definition) is 1. The molecular formula is C10H12ClN3O2. The van der Waals surface area contributed by atoms with E-state index in [4.69, 9.17) is 16.7 Å². The SMILES string of the molecule is CC1CCN(c2cncc(Cl)n2)C1C(=O)O. The van der Waals surface area contributed by atoms with Gasteiger partial charge in [-0.3, -0.25) is 4.98 Å². The number of carboxylic acid groups (broad SMARTS) is 1. The fourth-order valence-electron chi connectivity index (χ4n) is 2.05. The summed E-state index contributed by atoms with van der Waals surface area (Å²) in [6.07, 6.45) is 3.81. The van der Waals surface area contributed by atoms with Crippen molar-refractivity contribution in [2.24, 2.45) is 5.92 Å². The van der Waals surface area contributed by atoms with Crippen LogP contribution in [0, 0.1) is 5.92 Å². The minimum Gasteiger partial charge on any atom is -0.480 e. The summed E-state index contributed by atoms with van der Waals surface area (Å²) in [7, 11) is 0. The summed E-state index contributed by atoms with van der Waals surface area (Å²) in [5, 5.41) is 9.44. The zero-order valence-electron chi connectivity index (χ0n) is 8.80. The first kappa shape index (κ1) is 11.1. The highest BCUT2D eigenvalue weighted by molar-refractivity contribution is 6.29. The second-order valence-corrected chi connectivity index (χ2v) is 4.33. The molecular weight excluding hydrogens is 230 g/mol. The van der Waals surface area contributed by atoms with Gasteiger partial charge in [0.25, 0.3) is 0 Å². The second kappa shape index (κ2) is 4.25. The largest absolute Gasteiger partial charge is 0.480 e. The highest BCUT2D eigenvalue weighted by Crippen LogP contribution is 2.28. The Labute approximate surface area is 98.1 Å². The molecule has 0 radical (unpaired) electrons. The zero-order valence-corrected chi connectivity index (χ0v) is 9.55. The topological polar surface area (TPSA) is 66.3 Å². The Kier molecular flexibility index (Phi) is 2.96. The summed E-state index contributed by atoms with van der Waals surface area (Å²) in [6, 6.07) is -0.534. The molecule has 5 nitrogen and oxygen atoms in total. The Bertz CT molecular complexity index is 413. The Morgan fingerprint density at radius 3 is 3.00 bits per heavy atom. The Morgan fingerprint density at radius 1 is 1.62 bits per heavy atom. The van der Waals surface area contributed by atoms with Gasteiger partial charge in [0, 0.05) is 6.54 Å². The predicted molar refractivity (Wildman–Crippen MR) is 59.6 cm³/mol. The number of carbonyl (C=O) groups is 1. The number of aliphatic carboxylic acids is 1. The maximum atomic E-state index is 11.2. The maximum Gasteiger partial charge on any atom is 0.326 e. The van der Waals surface area contributed by atoms with Crippen molar-refractivity contribution >= 4 is 23.4 Å². The van der Waals surface area contributed by atoms with Crippen molar-refractivity contribution in [2.45, 2.75) is 19.4 Å². The summed E-state index contributed by atoms with van der Waals surface area (Å²) < 4.78 is 0. The summed E-state index contributed by atoms with van der Waals surface area (Å²) >= 11 is 5.74. The number of anilines is 1. The Balaban J connectivity index is 2.30. The Morgan fingerprint density at radius 2 is 2.38 bits per heavy atom. The van der Waals surface area contributed by atoms with Crippen LogP contribution in [0.4, 0.5) is 5.82 Å². The van der Waals surface area contributed by atoms with Crippen molar-refractivity contribution in [1.29, 1.82) is 0 Å². The lowest BCUT2D eigenvalue weighted by Gasteiger charge is -2.23. The molecule has 1 aromatic heterocycles. The highest BCUT2D eigenvalue weighted by Gasteiger charge is 2.37. The summed E-state index contributed by atoms with van der Waals surface area (Å²) in [6.45, 7) is 2.60. The lowest BCUT2D eigenvalue weighted by atomic mass is 10.0. The third kappa shape index (κ3) is 1.95. The number of carboxylic acids is 1. The third-order valence-electron chi connectivity index (χ3n) is 2.84. The van der Waals surface area contributed by atoms with Gasteiger partial charge in [-0.25, -0.2) is 9.78 Å². The summed E-state index contributed by atoms with van der Waals surface area (Å²) in [5.41, 5.74) is 0. The van der Waals surface area contributed by atoms with Crippen molar-refractivity contribution in [2.75, 3.05) is 11.4 Å². The van der Waals surface area contributed by atoms with Crippen molar-refractivity contribution in [3.05, 3.63) is 17.5 Å². The Hall–Kier alpha value is -1.36. The van der Waals surface area contributed by atoms with Gasteiger partial charge in [-0.15, -0.1) is 0 Å². The van der Waals surface area contributed by atoms with Gasteiger partial charge < -0.3 is 10.0 Å². The molecule has 1 saturated heterocycles. The van der Waals surface area contributed by atoms with E-state index in [0.717, 1.165) is 6.42 Å². The van der Waals surface area contributed by atoms with Gasteiger partial charge >= 0.3 is 5.97 Å². The number of nitrogens with zero attached hydrogens (tertiary/aromatic N) is 3. The molecule has 86 valence electrons. The van der Waals surface area contributed by atoms with Crippen LogP contribution in [0.5, 0.6) is 0 Å². The number of hydrogen-bond acceptors (Lipinski definition) is 4. The molecule has 0 amide bonds. The molecule has 0 spiro atoms. The van der Waals surface area contributed by atoms with Crippen LogP contribution < -0.4 is 4.90 Å².